The van der Waals surface area contributed by atoms with Gasteiger partial charge in [-0.2, -0.15) is 4.98 Å². The standard InChI is InChI=1S/C15H17N5O3/c1-20-9-10(8-13(20)21)15(22)17-7-5-12-18-14(19-23-12)11-4-2-3-6-16-11/h2-4,6,10H,5,7-9H2,1H3,(H,17,22)/t10-/m1/s1. The molecular weight excluding hydrogens is 298 g/mol. The summed E-state index contributed by atoms with van der Waals surface area (Å²) in [6.45, 7) is 0.853. The molecule has 3 heterocycles. The normalized spacial score (nSPS) is 17.5. The van der Waals surface area contributed by atoms with Crippen LogP contribution in [0, 0.1) is 5.92 Å². The van der Waals surface area contributed by atoms with Gasteiger partial charge < -0.3 is 14.7 Å². The lowest BCUT2D eigenvalue weighted by atomic mass is 10.1. The summed E-state index contributed by atoms with van der Waals surface area (Å²) < 4.78 is 5.15. The molecule has 1 aliphatic rings. The Morgan fingerprint density at radius 3 is 3.04 bits per heavy atom. The maximum atomic E-state index is 12.0. The predicted molar refractivity (Wildman–Crippen MR) is 80.0 cm³/mol. The molecule has 120 valence electrons. The van der Waals surface area contributed by atoms with Gasteiger partial charge in [-0.1, -0.05) is 11.2 Å². The number of pyridine rings is 1. The summed E-state index contributed by atoms with van der Waals surface area (Å²) in [5.41, 5.74) is 0.638. The minimum atomic E-state index is -0.278. The Bertz CT molecular complexity index is 700. The third-order valence-electron chi connectivity index (χ3n) is 3.71. The molecule has 0 saturated carbocycles. The Labute approximate surface area is 132 Å². The fourth-order valence-corrected chi connectivity index (χ4v) is 2.43. The van der Waals surface area contributed by atoms with Gasteiger partial charge in [0.2, 0.25) is 23.5 Å². The number of hydrogen-bond donors (Lipinski definition) is 1. The Morgan fingerprint density at radius 2 is 2.35 bits per heavy atom. The minimum absolute atomic E-state index is 0.00190. The van der Waals surface area contributed by atoms with E-state index in [1.165, 1.54) is 0 Å². The van der Waals surface area contributed by atoms with Crippen LogP contribution in [0.4, 0.5) is 0 Å². The van der Waals surface area contributed by atoms with Gasteiger partial charge in [0.05, 0.1) is 5.92 Å². The Kier molecular flexibility index (Phi) is 4.31. The molecule has 0 aliphatic carbocycles. The number of aromatic nitrogens is 3. The first-order chi connectivity index (χ1) is 11.1. The molecule has 23 heavy (non-hydrogen) atoms. The van der Waals surface area contributed by atoms with E-state index in [9.17, 15) is 9.59 Å². The van der Waals surface area contributed by atoms with Gasteiger partial charge in [-0.05, 0) is 12.1 Å². The summed E-state index contributed by atoms with van der Waals surface area (Å²) in [5.74, 6) is 0.467. The molecule has 1 aliphatic heterocycles. The summed E-state index contributed by atoms with van der Waals surface area (Å²) in [5, 5.41) is 6.67. The molecule has 8 nitrogen and oxygen atoms in total. The van der Waals surface area contributed by atoms with Crippen molar-refractivity contribution in [2.75, 3.05) is 20.1 Å². The van der Waals surface area contributed by atoms with Crippen LogP contribution >= 0.6 is 0 Å². The van der Waals surface area contributed by atoms with Gasteiger partial charge in [0.1, 0.15) is 5.69 Å². The van der Waals surface area contributed by atoms with Crippen molar-refractivity contribution in [3.8, 4) is 11.5 Å². The van der Waals surface area contributed by atoms with E-state index in [0.29, 0.717) is 36.9 Å². The molecule has 1 saturated heterocycles. The van der Waals surface area contributed by atoms with Gasteiger partial charge in [0.15, 0.2) is 0 Å². The molecule has 0 aromatic carbocycles. The van der Waals surface area contributed by atoms with Crippen molar-refractivity contribution in [3.05, 3.63) is 30.3 Å². The second-order valence-electron chi connectivity index (χ2n) is 5.44. The van der Waals surface area contributed by atoms with Gasteiger partial charge >= 0.3 is 0 Å². The number of rotatable bonds is 5. The molecule has 2 amide bonds. The first-order valence-electron chi connectivity index (χ1n) is 7.39. The smallest absolute Gasteiger partial charge is 0.228 e. The molecule has 0 radical (unpaired) electrons. The molecule has 3 rings (SSSR count). The first-order valence-corrected chi connectivity index (χ1v) is 7.39. The van der Waals surface area contributed by atoms with E-state index in [4.69, 9.17) is 4.52 Å². The largest absolute Gasteiger partial charge is 0.355 e. The monoisotopic (exact) mass is 315 g/mol. The second-order valence-corrected chi connectivity index (χ2v) is 5.44. The molecule has 0 unspecified atom stereocenters. The van der Waals surface area contributed by atoms with E-state index in [1.807, 2.05) is 12.1 Å². The van der Waals surface area contributed by atoms with E-state index in [-0.39, 0.29) is 24.2 Å². The molecule has 0 spiro atoms. The van der Waals surface area contributed by atoms with Gasteiger partial charge in [0.25, 0.3) is 0 Å². The predicted octanol–water partition coefficient (Wildman–Crippen LogP) is 0.269. The zero-order valence-electron chi connectivity index (χ0n) is 12.7. The number of nitrogens with zero attached hydrogens (tertiary/aromatic N) is 4. The molecule has 1 fully saturated rings. The lowest BCUT2D eigenvalue weighted by Gasteiger charge is -2.10. The van der Waals surface area contributed by atoms with Crippen LogP contribution in [-0.4, -0.2) is 52.0 Å². The van der Waals surface area contributed by atoms with Crippen LogP contribution < -0.4 is 5.32 Å². The lowest BCUT2D eigenvalue weighted by molar-refractivity contribution is -0.128. The van der Waals surface area contributed by atoms with Crippen LogP contribution in [0.2, 0.25) is 0 Å². The third-order valence-corrected chi connectivity index (χ3v) is 3.71. The molecule has 2 aromatic heterocycles. The third kappa shape index (κ3) is 3.53. The van der Waals surface area contributed by atoms with E-state index < -0.39 is 0 Å². The first kappa shape index (κ1) is 15.1. The quantitative estimate of drug-likeness (QED) is 0.850. The van der Waals surface area contributed by atoms with Crippen LogP contribution in [0.1, 0.15) is 12.3 Å². The molecule has 0 bridgehead atoms. The van der Waals surface area contributed by atoms with Gasteiger partial charge in [0, 0.05) is 39.2 Å². The number of likely N-dealkylation sites (tertiary alicyclic amines) is 1. The van der Waals surface area contributed by atoms with Gasteiger partial charge in [-0.25, -0.2) is 0 Å². The number of hydrogen-bond acceptors (Lipinski definition) is 6. The van der Waals surface area contributed by atoms with Crippen molar-refractivity contribution in [1.29, 1.82) is 0 Å². The van der Waals surface area contributed by atoms with E-state index in [2.05, 4.69) is 20.4 Å². The van der Waals surface area contributed by atoms with Crippen molar-refractivity contribution in [1.82, 2.24) is 25.3 Å². The van der Waals surface area contributed by atoms with E-state index >= 15 is 0 Å². The maximum Gasteiger partial charge on any atom is 0.228 e. The number of carbonyl (C=O) groups is 2. The molecule has 8 heteroatoms. The highest BCUT2D eigenvalue weighted by Crippen LogP contribution is 2.16. The van der Waals surface area contributed by atoms with Crippen molar-refractivity contribution in [3.63, 3.8) is 0 Å². The summed E-state index contributed by atoms with van der Waals surface area (Å²) in [6, 6.07) is 5.45. The van der Waals surface area contributed by atoms with E-state index in [0.717, 1.165) is 0 Å². The topological polar surface area (TPSA) is 101 Å². The van der Waals surface area contributed by atoms with Crippen molar-refractivity contribution >= 4 is 11.8 Å². The zero-order chi connectivity index (χ0) is 16.2. The van der Waals surface area contributed by atoms with Crippen molar-refractivity contribution in [2.45, 2.75) is 12.8 Å². The molecule has 1 N–H and O–H groups in total. The highest BCUT2D eigenvalue weighted by Gasteiger charge is 2.31. The van der Waals surface area contributed by atoms with Gasteiger partial charge in [-0.15, -0.1) is 0 Å². The lowest BCUT2D eigenvalue weighted by Crippen LogP contribution is -2.33. The fourth-order valence-electron chi connectivity index (χ4n) is 2.43. The summed E-state index contributed by atoms with van der Waals surface area (Å²) in [6.07, 6.45) is 2.36. The average molecular weight is 315 g/mol. The summed E-state index contributed by atoms with van der Waals surface area (Å²) in [7, 11) is 1.70. The number of amides is 2. The minimum Gasteiger partial charge on any atom is -0.355 e. The molecule has 1 atom stereocenters. The molecule has 2 aromatic rings. The zero-order valence-corrected chi connectivity index (χ0v) is 12.7. The maximum absolute atomic E-state index is 12.0. The number of nitrogens with one attached hydrogen (secondary N) is 1. The van der Waals surface area contributed by atoms with Crippen LogP contribution in [0.3, 0.4) is 0 Å². The second kappa shape index (κ2) is 6.55. The highest BCUT2D eigenvalue weighted by atomic mass is 16.5. The Hall–Kier alpha value is -2.77. The van der Waals surface area contributed by atoms with Crippen molar-refractivity contribution in [2.24, 2.45) is 5.92 Å². The van der Waals surface area contributed by atoms with Gasteiger partial charge in [-0.3, -0.25) is 14.6 Å². The average Bonchev–Trinajstić information content (AvgIpc) is 3.16. The number of carbonyl (C=O) groups excluding carboxylic acids is 2. The van der Waals surface area contributed by atoms with Crippen LogP contribution in [0.25, 0.3) is 11.5 Å². The van der Waals surface area contributed by atoms with Crippen LogP contribution in [-0.2, 0) is 16.0 Å². The Balaban J connectivity index is 1.49. The Morgan fingerprint density at radius 1 is 1.48 bits per heavy atom. The van der Waals surface area contributed by atoms with Crippen LogP contribution in [0.5, 0.6) is 0 Å². The fraction of sp³-hybridized carbons (Fsp3) is 0.400. The van der Waals surface area contributed by atoms with E-state index in [1.54, 1.807) is 24.2 Å². The molecular formula is C15H17N5O3. The van der Waals surface area contributed by atoms with Crippen LogP contribution in [0.15, 0.2) is 28.9 Å². The SMILES string of the molecule is CN1C[C@H](C(=O)NCCc2nc(-c3ccccn3)no2)CC1=O. The summed E-state index contributed by atoms with van der Waals surface area (Å²) in [4.78, 5) is 33.4. The summed E-state index contributed by atoms with van der Waals surface area (Å²) >= 11 is 0. The highest BCUT2D eigenvalue weighted by molar-refractivity contribution is 5.89. The van der Waals surface area contributed by atoms with Crippen molar-refractivity contribution < 1.29 is 14.1 Å².